The van der Waals surface area contributed by atoms with Crippen molar-refractivity contribution in [3.63, 3.8) is 0 Å². The van der Waals surface area contributed by atoms with Crippen LogP contribution in [0.4, 0.5) is 13.2 Å². The van der Waals surface area contributed by atoms with Crippen molar-refractivity contribution >= 4 is 11.8 Å². The number of hydrogen-bond donors (Lipinski definition) is 1. The van der Waals surface area contributed by atoms with E-state index in [2.05, 4.69) is 5.32 Å². The Hall–Kier alpha value is -0.880. The van der Waals surface area contributed by atoms with Gasteiger partial charge in [0.15, 0.2) is 0 Å². The smallest absolute Gasteiger partial charge is 0.441 e. The molecule has 0 aromatic heterocycles. The first-order valence-electron chi connectivity index (χ1n) is 5.50. The monoisotopic (exact) mass is 279 g/mol. The molecule has 0 saturated heterocycles. The fourth-order valence-corrected chi connectivity index (χ4v) is 1.92. The van der Waals surface area contributed by atoms with Gasteiger partial charge in [-0.05, 0) is 36.4 Å². The fraction of sp³-hybridized carbons (Fsp3) is 0.500. The molecule has 6 heteroatoms. The molecule has 0 radical (unpaired) electrons. The van der Waals surface area contributed by atoms with Crippen LogP contribution in [0.5, 0.6) is 5.75 Å². The van der Waals surface area contributed by atoms with Gasteiger partial charge in [-0.2, -0.15) is 13.2 Å². The summed E-state index contributed by atoms with van der Waals surface area (Å²) in [7, 11) is 1.58. The molecule has 0 aliphatic heterocycles. The summed E-state index contributed by atoms with van der Waals surface area (Å²) in [6, 6.07) is 7.46. The topological polar surface area (TPSA) is 21.3 Å². The van der Waals surface area contributed by atoms with E-state index in [0.717, 1.165) is 11.3 Å². The minimum absolute atomic E-state index is 0.00562. The van der Waals surface area contributed by atoms with Crippen molar-refractivity contribution < 1.29 is 17.9 Å². The zero-order valence-corrected chi connectivity index (χ0v) is 11.1. The molecule has 1 aromatic carbocycles. The molecule has 0 fully saturated rings. The Morgan fingerprint density at radius 1 is 1.39 bits per heavy atom. The Morgan fingerprint density at radius 3 is 2.72 bits per heavy atom. The van der Waals surface area contributed by atoms with Gasteiger partial charge >= 0.3 is 5.51 Å². The van der Waals surface area contributed by atoms with E-state index in [9.17, 15) is 13.2 Å². The predicted octanol–water partition coefficient (Wildman–Crippen LogP) is 3.60. The van der Waals surface area contributed by atoms with Crippen LogP contribution in [0.2, 0.25) is 0 Å². The molecule has 1 atom stereocenters. The summed E-state index contributed by atoms with van der Waals surface area (Å²) in [6.45, 7) is 2.22. The van der Waals surface area contributed by atoms with Crippen molar-refractivity contribution in [3.8, 4) is 5.75 Å². The van der Waals surface area contributed by atoms with Crippen LogP contribution in [0.15, 0.2) is 24.3 Å². The van der Waals surface area contributed by atoms with Gasteiger partial charge in [-0.25, -0.2) is 0 Å². The third-order valence-electron chi connectivity index (χ3n) is 2.41. The Morgan fingerprint density at radius 2 is 2.11 bits per heavy atom. The maximum Gasteiger partial charge on any atom is 0.441 e. The lowest BCUT2D eigenvalue weighted by atomic mass is 10.1. The molecule has 0 aliphatic carbocycles. The highest BCUT2D eigenvalue weighted by molar-refractivity contribution is 8.00. The summed E-state index contributed by atoms with van der Waals surface area (Å²) in [5, 5.41) is 3.05. The van der Waals surface area contributed by atoms with E-state index in [0.29, 0.717) is 6.54 Å². The van der Waals surface area contributed by atoms with E-state index in [1.165, 1.54) is 0 Å². The van der Waals surface area contributed by atoms with E-state index in [1.54, 1.807) is 7.11 Å². The molecule has 0 heterocycles. The molecular formula is C12H16F3NOS. The first-order chi connectivity index (χ1) is 8.42. The van der Waals surface area contributed by atoms with Gasteiger partial charge in [-0.3, -0.25) is 0 Å². The summed E-state index contributed by atoms with van der Waals surface area (Å²) in [6.07, 6.45) is 0. The van der Waals surface area contributed by atoms with E-state index in [4.69, 9.17) is 4.74 Å². The molecule has 0 saturated carbocycles. The van der Waals surface area contributed by atoms with E-state index >= 15 is 0 Å². The van der Waals surface area contributed by atoms with Crippen LogP contribution >= 0.6 is 11.8 Å². The van der Waals surface area contributed by atoms with Crippen molar-refractivity contribution in [1.82, 2.24) is 5.32 Å². The zero-order chi connectivity index (χ0) is 13.6. The predicted molar refractivity (Wildman–Crippen MR) is 67.9 cm³/mol. The molecule has 0 aliphatic rings. The molecule has 18 heavy (non-hydrogen) atoms. The summed E-state index contributed by atoms with van der Waals surface area (Å²) in [5.74, 6) is 0.753. The summed E-state index contributed by atoms with van der Waals surface area (Å²) in [5.41, 5.74) is -3.16. The van der Waals surface area contributed by atoms with Gasteiger partial charge < -0.3 is 10.1 Å². The van der Waals surface area contributed by atoms with Gasteiger partial charge in [0, 0.05) is 18.3 Å². The number of ether oxygens (including phenoxy) is 1. The Kier molecular flexibility index (Phi) is 5.81. The third-order valence-corrected chi connectivity index (χ3v) is 3.15. The molecule has 0 amide bonds. The van der Waals surface area contributed by atoms with E-state index < -0.39 is 5.51 Å². The zero-order valence-electron chi connectivity index (χ0n) is 10.3. The lowest BCUT2D eigenvalue weighted by Gasteiger charge is -2.15. The van der Waals surface area contributed by atoms with Crippen LogP contribution < -0.4 is 10.1 Å². The van der Waals surface area contributed by atoms with Gasteiger partial charge in [-0.1, -0.05) is 12.1 Å². The number of hydrogen-bond acceptors (Lipinski definition) is 3. The Balaban J connectivity index is 2.38. The van der Waals surface area contributed by atoms with Crippen LogP contribution in [0.3, 0.4) is 0 Å². The molecular weight excluding hydrogens is 263 g/mol. The number of benzene rings is 1. The number of halogens is 3. The number of thioether (sulfide) groups is 1. The Labute approximate surface area is 109 Å². The van der Waals surface area contributed by atoms with Crippen LogP contribution in [-0.2, 0) is 0 Å². The average Bonchev–Trinajstić information content (AvgIpc) is 2.33. The van der Waals surface area contributed by atoms with Crippen molar-refractivity contribution in [2.75, 3.05) is 19.4 Å². The fourth-order valence-electron chi connectivity index (χ4n) is 1.47. The second-order valence-corrected chi connectivity index (χ2v) is 4.91. The second kappa shape index (κ2) is 6.89. The standard InChI is InChI=1S/C12H16F3NOS/c1-9(16-6-7-18-12(13,14)15)10-4-3-5-11(8-10)17-2/h3-5,8-9,16H,6-7H2,1-2H3. The van der Waals surface area contributed by atoms with Crippen molar-refractivity contribution in [3.05, 3.63) is 29.8 Å². The summed E-state index contributed by atoms with van der Waals surface area (Å²) in [4.78, 5) is 0. The molecule has 0 bridgehead atoms. The van der Waals surface area contributed by atoms with Gasteiger partial charge in [0.2, 0.25) is 0 Å². The van der Waals surface area contributed by atoms with Crippen molar-refractivity contribution in [1.29, 1.82) is 0 Å². The molecule has 1 N–H and O–H groups in total. The number of rotatable bonds is 6. The largest absolute Gasteiger partial charge is 0.497 e. The highest BCUT2D eigenvalue weighted by Gasteiger charge is 2.27. The van der Waals surface area contributed by atoms with Crippen molar-refractivity contribution in [2.24, 2.45) is 0 Å². The average molecular weight is 279 g/mol. The van der Waals surface area contributed by atoms with Crippen LogP contribution in [-0.4, -0.2) is 24.9 Å². The SMILES string of the molecule is COc1cccc(C(C)NCCSC(F)(F)F)c1. The van der Waals surface area contributed by atoms with Gasteiger partial charge in [0.05, 0.1) is 7.11 Å². The molecule has 1 unspecified atom stereocenters. The Bertz CT molecular complexity index is 371. The van der Waals surface area contributed by atoms with E-state index in [1.807, 2.05) is 31.2 Å². The quantitative estimate of drug-likeness (QED) is 0.804. The summed E-state index contributed by atoms with van der Waals surface area (Å²) >= 11 is -0.00879. The van der Waals surface area contributed by atoms with Crippen LogP contribution in [0.25, 0.3) is 0 Å². The number of alkyl halides is 3. The first kappa shape index (κ1) is 15.2. The maximum atomic E-state index is 11.9. The maximum absolute atomic E-state index is 11.9. The van der Waals surface area contributed by atoms with Gasteiger partial charge in [0.25, 0.3) is 0 Å². The van der Waals surface area contributed by atoms with Crippen molar-refractivity contribution in [2.45, 2.75) is 18.5 Å². The molecule has 0 spiro atoms. The lowest BCUT2D eigenvalue weighted by molar-refractivity contribution is -0.0327. The molecule has 1 aromatic rings. The highest BCUT2D eigenvalue weighted by Crippen LogP contribution is 2.29. The second-order valence-electron chi connectivity index (χ2n) is 3.75. The third kappa shape index (κ3) is 5.64. The minimum atomic E-state index is -4.15. The van der Waals surface area contributed by atoms with Gasteiger partial charge in [0.1, 0.15) is 5.75 Å². The first-order valence-corrected chi connectivity index (χ1v) is 6.49. The molecule has 2 nitrogen and oxygen atoms in total. The van der Waals surface area contributed by atoms with E-state index in [-0.39, 0.29) is 23.6 Å². The number of nitrogens with one attached hydrogen (secondary N) is 1. The summed E-state index contributed by atoms with van der Waals surface area (Å²) < 4.78 is 40.9. The minimum Gasteiger partial charge on any atom is -0.497 e. The van der Waals surface area contributed by atoms with Crippen LogP contribution in [0, 0.1) is 0 Å². The lowest BCUT2D eigenvalue weighted by Crippen LogP contribution is -2.22. The van der Waals surface area contributed by atoms with Gasteiger partial charge in [-0.15, -0.1) is 0 Å². The van der Waals surface area contributed by atoms with Crippen LogP contribution in [0.1, 0.15) is 18.5 Å². The molecule has 102 valence electrons. The molecule has 1 rings (SSSR count). The normalized spacial score (nSPS) is 13.4. The number of methoxy groups -OCH3 is 1. The highest BCUT2D eigenvalue weighted by atomic mass is 32.2.